The van der Waals surface area contributed by atoms with E-state index in [4.69, 9.17) is 0 Å². The van der Waals surface area contributed by atoms with Crippen molar-refractivity contribution in [3.63, 3.8) is 0 Å². The molecular weight excluding hydrogens is 200 g/mol. The van der Waals surface area contributed by atoms with Crippen LogP contribution in [-0.4, -0.2) is 21.0 Å². The van der Waals surface area contributed by atoms with E-state index in [9.17, 15) is 5.11 Å². The summed E-state index contributed by atoms with van der Waals surface area (Å²) in [4.78, 5) is 0. The van der Waals surface area contributed by atoms with Gasteiger partial charge in [0.1, 0.15) is 0 Å². The lowest BCUT2D eigenvalue weighted by Crippen LogP contribution is -2.30. The zero-order chi connectivity index (χ0) is 11.7. The van der Waals surface area contributed by atoms with Crippen LogP contribution in [0.4, 0.5) is 0 Å². The van der Waals surface area contributed by atoms with Crippen LogP contribution in [0, 0.1) is 18.8 Å². The molecule has 90 valence electrons. The minimum Gasteiger partial charge on any atom is -0.393 e. The second-order valence-electron chi connectivity index (χ2n) is 5.35. The van der Waals surface area contributed by atoms with Gasteiger partial charge in [-0.05, 0) is 50.5 Å². The van der Waals surface area contributed by atoms with Gasteiger partial charge in [-0.3, -0.25) is 4.68 Å². The summed E-state index contributed by atoms with van der Waals surface area (Å²) < 4.78 is 1.95. The van der Waals surface area contributed by atoms with Crippen molar-refractivity contribution in [3.8, 4) is 0 Å². The predicted molar refractivity (Wildman–Crippen MR) is 64.2 cm³/mol. The first kappa shape index (κ1) is 11.6. The minimum absolute atomic E-state index is 0.119. The molecule has 1 fully saturated rings. The highest BCUT2D eigenvalue weighted by Gasteiger charge is 2.27. The van der Waals surface area contributed by atoms with Crippen molar-refractivity contribution in [2.45, 2.75) is 45.6 Å². The van der Waals surface area contributed by atoms with Gasteiger partial charge in [0, 0.05) is 12.7 Å². The Morgan fingerprint density at radius 1 is 1.50 bits per heavy atom. The number of aliphatic hydroxyl groups excluding tert-OH is 1. The number of aryl methyl sites for hydroxylation is 2. The molecule has 1 aliphatic carbocycles. The van der Waals surface area contributed by atoms with Crippen LogP contribution in [0.25, 0.3) is 0 Å². The summed E-state index contributed by atoms with van der Waals surface area (Å²) in [6, 6.07) is 2.13. The zero-order valence-corrected chi connectivity index (χ0v) is 10.5. The summed E-state index contributed by atoms with van der Waals surface area (Å²) in [6.45, 7) is 4.30. The van der Waals surface area contributed by atoms with Crippen molar-refractivity contribution in [3.05, 3.63) is 17.5 Å². The number of rotatable bonds is 2. The fourth-order valence-corrected chi connectivity index (χ4v) is 2.83. The molecule has 0 spiro atoms. The summed E-state index contributed by atoms with van der Waals surface area (Å²) in [5.41, 5.74) is 2.31. The summed E-state index contributed by atoms with van der Waals surface area (Å²) in [5.74, 6) is 1.17. The molecule has 3 heteroatoms. The molecule has 0 radical (unpaired) electrons. The number of hydrogen-bond donors (Lipinski definition) is 1. The van der Waals surface area contributed by atoms with Crippen LogP contribution < -0.4 is 0 Å². The van der Waals surface area contributed by atoms with Gasteiger partial charge in [-0.1, -0.05) is 6.92 Å². The molecule has 1 aromatic heterocycles. The SMILES string of the molecule is Cc1cc(CC2CC(C)CCC2O)n(C)n1. The average Bonchev–Trinajstić information content (AvgIpc) is 2.51. The van der Waals surface area contributed by atoms with Crippen LogP contribution in [-0.2, 0) is 13.5 Å². The molecule has 3 nitrogen and oxygen atoms in total. The minimum atomic E-state index is -0.119. The molecule has 0 aliphatic heterocycles. The normalized spacial score (nSPS) is 30.6. The van der Waals surface area contributed by atoms with Gasteiger partial charge in [0.2, 0.25) is 0 Å². The first-order chi connectivity index (χ1) is 7.56. The van der Waals surface area contributed by atoms with Crippen molar-refractivity contribution in [1.82, 2.24) is 9.78 Å². The molecule has 1 aromatic rings. The summed E-state index contributed by atoms with van der Waals surface area (Å²) >= 11 is 0. The fourth-order valence-electron chi connectivity index (χ4n) is 2.83. The van der Waals surface area contributed by atoms with Gasteiger partial charge in [0.15, 0.2) is 0 Å². The van der Waals surface area contributed by atoms with Crippen LogP contribution >= 0.6 is 0 Å². The maximum atomic E-state index is 10.0. The fraction of sp³-hybridized carbons (Fsp3) is 0.769. The van der Waals surface area contributed by atoms with Gasteiger partial charge in [-0.2, -0.15) is 5.10 Å². The first-order valence-corrected chi connectivity index (χ1v) is 6.24. The van der Waals surface area contributed by atoms with Gasteiger partial charge in [-0.25, -0.2) is 0 Å². The van der Waals surface area contributed by atoms with E-state index in [1.165, 1.54) is 12.1 Å². The Bertz CT molecular complexity index is 359. The van der Waals surface area contributed by atoms with Crippen LogP contribution in [0.5, 0.6) is 0 Å². The smallest absolute Gasteiger partial charge is 0.0596 e. The number of nitrogens with zero attached hydrogens (tertiary/aromatic N) is 2. The molecule has 0 saturated heterocycles. The maximum absolute atomic E-state index is 10.0. The maximum Gasteiger partial charge on any atom is 0.0596 e. The number of aromatic nitrogens is 2. The highest BCUT2D eigenvalue weighted by atomic mass is 16.3. The van der Waals surface area contributed by atoms with Crippen molar-refractivity contribution in [2.75, 3.05) is 0 Å². The molecule has 3 atom stereocenters. The van der Waals surface area contributed by atoms with E-state index in [-0.39, 0.29) is 6.10 Å². The molecule has 16 heavy (non-hydrogen) atoms. The van der Waals surface area contributed by atoms with Gasteiger partial charge >= 0.3 is 0 Å². The lowest BCUT2D eigenvalue weighted by molar-refractivity contribution is 0.0510. The first-order valence-electron chi connectivity index (χ1n) is 6.24. The lowest BCUT2D eigenvalue weighted by Gasteiger charge is -2.31. The predicted octanol–water partition coefficient (Wildman–Crippen LogP) is 2.07. The Morgan fingerprint density at radius 3 is 2.88 bits per heavy atom. The number of hydrogen-bond acceptors (Lipinski definition) is 2. The molecule has 0 aromatic carbocycles. The summed E-state index contributed by atoms with van der Waals surface area (Å²) in [5, 5.41) is 14.4. The zero-order valence-electron chi connectivity index (χ0n) is 10.5. The average molecular weight is 222 g/mol. The molecule has 1 aliphatic rings. The highest BCUT2D eigenvalue weighted by Crippen LogP contribution is 2.31. The van der Waals surface area contributed by atoms with Crippen molar-refractivity contribution < 1.29 is 5.11 Å². The molecule has 1 heterocycles. The quantitative estimate of drug-likeness (QED) is 0.832. The molecule has 1 N–H and O–H groups in total. The molecular formula is C13H22N2O. The van der Waals surface area contributed by atoms with E-state index in [1.807, 2.05) is 18.7 Å². The second-order valence-corrected chi connectivity index (χ2v) is 5.35. The van der Waals surface area contributed by atoms with E-state index in [0.717, 1.165) is 30.9 Å². The molecule has 3 unspecified atom stereocenters. The monoisotopic (exact) mass is 222 g/mol. The van der Waals surface area contributed by atoms with Gasteiger partial charge in [0.05, 0.1) is 11.8 Å². The Hall–Kier alpha value is -0.830. The van der Waals surface area contributed by atoms with E-state index < -0.39 is 0 Å². The standard InChI is InChI=1S/C13H22N2O/c1-9-4-5-13(16)11(6-9)8-12-7-10(2)14-15(12)3/h7,9,11,13,16H,4-6,8H2,1-3H3. The molecule has 0 amide bonds. The molecule has 1 saturated carbocycles. The lowest BCUT2D eigenvalue weighted by atomic mass is 9.78. The van der Waals surface area contributed by atoms with Crippen molar-refractivity contribution in [2.24, 2.45) is 18.9 Å². The van der Waals surface area contributed by atoms with Crippen LogP contribution in [0.15, 0.2) is 6.07 Å². The number of aliphatic hydroxyl groups is 1. The molecule has 2 rings (SSSR count). The van der Waals surface area contributed by atoms with Crippen molar-refractivity contribution in [1.29, 1.82) is 0 Å². The van der Waals surface area contributed by atoms with Gasteiger partial charge < -0.3 is 5.11 Å². The van der Waals surface area contributed by atoms with E-state index in [1.54, 1.807) is 0 Å². The third-order valence-corrected chi connectivity index (χ3v) is 3.77. The Balaban J connectivity index is 2.05. The largest absolute Gasteiger partial charge is 0.393 e. The second kappa shape index (κ2) is 4.58. The Morgan fingerprint density at radius 2 is 2.25 bits per heavy atom. The third-order valence-electron chi connectivity index (χ3n) is 3.77. The topological polar surface area (TPSA) is 38.0 Å². The third kappa shape index (κ3) is 2.46. The van der Waals surface area contributed by atoms with Gasteiger partial charge in [-0.15, -0.1) is 0 Å². The van der Waals surface area contributed by atoms with Crippen LogP contribution in [0.2, 0.25) is 0 Å². The van der Waals surface area contributed by atoms with Gasteiger partial charge in [0.25, 0.3) is 0 Å². The van der Waals surface area contributed by atoms with E-state index >= 15 is 0 Å². The molecule has 0 bridgehead atoms. The Labute approximate surface area is 97.5 Å². The summed E-state index contributed by atoms with van der Waals surface area (Å²) in [7, 11) is 1.99. The van der Waals surface area contributed by atoms with E-state index in [2.05, 4.69) is 18.1 Å². The Kier molecular flexibility index (Phi) is 3.33. The van der Waals surface area contributed by atoms with Crippen molar-refractivity contribution >= 4 is 0 Å². The highest BCUT2D eigenvalue weighted by molar-refractivity contribution is 5.10. The van der Waals surface area contributed by atoms with E-state index in [0.29, 0.717) is 5.92 Å². The summed E-state index contributed by atoms with van der Waals surface area (Å²) in [6.07, 6.45) is 4.12. The van der Waals surface area contributed by atoms with Crippen LogP contribution in [0.3, 0.4) is 0 Å². The van der Waals surface area contributed by atoms with Crippen LogP contribution in [0.1, 0.15) is 37.6 Å².